The minimum atomic E-state index is -4.34. The van der Waals surface area contributed by atoms with Crippen LogP contribution in [0.4, 0.5) is 13.2 Å². The SMILES string of the molecule is CNCc1nnnn1Cc1cccc(C(F)(F)F)c1. The Bertz CT molecular complexity index is 549. The average Bonchev–Trinajstić information content (AvgIpc) is 2.77. The summed E-state index contributed by atoms with van der Waals surface area (Å²) in [5.74, 6) is 0.569. The van der Waals surface area contributed by atoms with E-state index in [-0.39, 0.29) is 6.54 Å². The molecular weight excluding hydrogens is 259 g/mol. The number of hydrogen-bond donors (Lipinski definition) is 1. The standard InChI is InChI=1S/C11H12F3N5/c1-15-6-10-16-17-18-19(10)7-8-3-2-4-9(5-8)11(12,13)14/h2-5,15H,6-7H2,1H3. The molecule has 2 rings (SSSR count). The molecule has 0 radical (unpaired) electrons. The highest BCUT2D eigenvalue weighted by atomic mass is 19.4. The second-order valence-corrected chi connectivity index (χ2v) is 3.98. The molecule has 0 saturated carbocycles. The number of nitrogens with zero attached hydrogens (tertiary/aromatic N) is 4. The second-order valence-electron chi connectivity index (χ2n) is 3.98. The zero-order chi connectivity index (χ0) is 13.9. The molecule has 5 nitrogen and oxygen atoms in total. The fraction of sp³-hybridized carbons (Fsp3) is 0.364. The van der Waals surface area contributed by atoms with Gasteiger partial charge in [0.25, 0.3) is 0 Å². The summed E-state index contributed by atoms with van der Waals surface area (Å²) in [5.41, 5.74) is -0.173. The van der Waals surface area contributed by atoms with Crippen molar-refractivity contribution in [1.82, 2.24) is 25.5 Å². The monoisotopic (exact) mass is 271 g/mol. The largest absolute Gasteiger partial charge is 0.416 e. The first kappa shape index (κ1) is 13.5. The first-order chi connectivity index (χ1) is 9.00. The van der Waals surface area contributed by atoms with Gasteiger partial charge in [0.1, 0.15) is 0 Å². The van der Waals surface area contributed by atoms with Crippen molar-refractivity contribution in [1.29, 1.82) is 0 Å². The molecule has 0 aliphatic carbocycles. The number of benzene rings is 1. The van der Waals surface area contributed by atoms with E-state index in [0.717, 1.165) is 12.1 Å². The van der Waals surface area contributed by atoms with Gasteiger partial charge in [0.2, 0.25) is 0 Å². The summed E-state index contributed by atoms with van der Waals surface area (Å²) in [4.78, 5) is 0. The molecule has 0 aliphatic heterocycles. The number of tetrazole rings is 1. The number of nitrogens with one attached hydrogen (secondary N) is 1. The van der Waals surface area contributed by atoms with E-state index in [0.29, 0.717) is 17.9 Å². The van der Waals surface area contributed by atoms with Crippen molar-refractivity contribution < 1.29 is 13.2 Å². The Balaban J connectivity index is 2.21. The van der Waals surface area contributed by atoms with Crippen molar-refractivity contribution in [3.05, 3.63) is 41.2 Å². The third kappa shape index (κ3) is 3.28. The smallest absolute Gasteiger partial charge is 0.313 e. The van der Waals surface area contributed by atoms with Crippen LogP contribution in [-0.4, -0.2) is 27.3 Å². The van der Waals surface area contributed by atoms with Gasteiger partial charge in [-0.05, 0) is 35.2 Å². The summed E-state index contributed by atoms with van der Waals surface area (Å²) < 4.78 is 39.2. The molecule has 2 aromatic rings. The number of alkyl halides is 3. The molecule has 1 aromatic carbocycles. The second kappa shape index (κ2) is 5.35. The van der Waals surface area contributed by atoms with Crippen LogP contribution in [0, 0.1) is 0 Å². The minimum Gasteiger partial charge on any atom is -0.313 e. The molecule has 0 fully saturated rings. The molecule has 0 amide bonds. The minimum absolute atomic E-state index is 0.202. The summed E-state index contributed by atoms with van der Waals surface area (Å²) in [7, 11) is 1.74. The number of halogens is 3. The van der Waals surface area contributed by atoms with Gasteiger partial charge in [-0.2, -0.15) is 13.2 Å². The Hall–Kier alpha value is -1.96. The maximum atomic E-state index is 12.6. The van der Waals surface area contributed by atoms with Crippen LogP contribution < -0.4 is 5.32 Å². The maximum absolute atomic E-state index is 12.6. The Morgan fingerprint density at radius 3 is 2.79 bits per heavy atom. The van der Waals surface area contributed by atoms with Gasteiger partial charge >= 0.3 is 6.18 Å². The van der Waals surface area contributed by atoms with Crippen LogP contribution in [0.15, 0.2) is 24.3 Å². The molecule has 0 saturated heterocycles. The highest BCUT2D eigenvalue weighted by Crippen LogP contribution is 2.29. The molecule has 1 N–H and O–H groups in total. The van der Waals surface area contributed by atoms with Crippen LogP contribution in [0.5, 0.6) is 0 Å². The Morgan fingerprint density at radius 2 is 2.11 bits per heavy atom. The van der Waals surface area contributed by atoms with Crippen LogP contribution in [0.2, 0.25) is 0 Å². The normalized spacial score (nSPS) is 11.8. The van der Waals surface area contributed by atoms with E-state index < -0.39 is 11.7 Å². The first-order valence-corrected chi connectivity index (χ1v) is 5.56. The lowest BCUT2D eigenvalue weighted by molar-refractivity contribution is -0.137. The molecule has 0 bridgehead atoms. The van der Waals surface area contributed by atoms with Crippen LogP contribution in [0.1, 0.15) is 17.0 Å². The van der Waals surface area contributed by atoms with Crippen LogP contribution in [-0.2, 0) is 19.3 Å². The third-order valence-corrected chi connectivity index (χ3v) is 2.53. The van der Waals surface area contributed by atoms with Crippen molar-refractivity contribution in [3.8, 4) is 0 Å². The quantitative estimate of drug-likeness (QED) is 0.914. The van der Waals surface area contributed by atoms with Gasteiger partial charge in [0.15, 0.2) is 5.82 Å². The van der Waals surface area contributed by atoms with E-state index in [1.165, 1.54) is 10.7 Å². The van der Waals surface area contributed by atoms with E-state index in [9.17, 15) is 13.2 Å². The molecule has 0 aliphatic rings. The summed E-state index contributed by atoms with van der Waals surface area (Å²) in [6.07, 6.45) is -4.34. The topological polar surface area (TPSA) is 55.6 Å². The maximum Gasteiger partial charge on any atom is 0.416 e. The number of hydrogen-bond acceptors (Lipinski definition) is 4. The average molecular weight is 271 g/mol. The molecule has 0 atom stereocenters. The van der Waals surface area contributed by atoms with E-state index >= 15 is 0 Å². The summed E-state index contributed by atoms with van der Waals surface area (Å²) in [5, 5.41) is 13.9. The zero-order valence-corrected chi connectivity index (χ0v) is 10.1. The van der Waals surface area contributed by atoms with Gasteiger partial charge in [-0.3, -0.25) is 0 Å². The lowest BCUT2D eigenvalue weighted by Crippen LogP contribution is -2.14. The van der Waals surface area contributed by atoms with Gasteiger partial charge in [-0.25, -0.2) is 4.68 Å². The van der Waals surface area contributed by atoms with Crippen molar-refractivity contribution in [2.45, 2.75) is 19.3 Å². The molecule has 8 heteroatoms. The molecule has 0 spiro atoms. The molecule has 0 unspecified atom stereocenters. The third-order valence-electron chi connectivity index (χ3n) is 2.53. The van der Waals surface area contributed by atoms with Crippen LogP contribution in [0.3, 0.4) is 0 Å². The highest BCUT2D eigenvalue weighted by Gasteiger charge is 2.30. The lowest BCUT2D eigenvalue weighted by Gasteiger charge is -2.09. The Kier molecular flexibility index (Phi) is 3.79. The van der Waals surface area contributed by atoms with Crippen molar-refractivity contribution in [2.75, 3.05) is 7.05 Å². The van der Waals surface area contributed by atoms with Gasteiger partial charge < -0.3 is 5.32 Å². The predicted molar refractivity (Wildman–Crippen MR) is 61.1 cm³/mol. The number of rotatable bonds is 4. The van der Waals surface area contributed by atoms with Crippen LogP contribution >= 0.6 is 0 Å². The number of aromatic nitrogens is 4. The highest BCUT2D eigenvalue weighted by molar-refractivity contribution is 5.25. The molecule has 102 valence electrons. The van der Waals surface area contributed by atoms with E-state index in [4.69, 9.17) is 0 Å². The van der Waals surface area contributed by atoms with E-state index in [2.05, 4.69) is 20.8 Å². The predicted octanol–water partition coefficient (Wildman–Crippen LogP) is 1.46. The zero-order valence-electron chi connectivity index (χ0n) is 10.1. The van der Waals surface area contributed by atoms with Gasteiger partial charge in [-0.15, -0.1) is 5.10 Å². The van der Waals surface area contributed by atoms with Crippen molar-refractivity contribution >= 4 is 0 Å². The fourth-order valence-electron chi connectivity index (χ4n) is 1.65. The van der Waals surface area contributed by atoms with Crippen molar-refractivity contribution in [3.63, 3.8) is 0 Å². The van der Waals surface area contributed by atoms with E-state index in [1.807, 2.05) is 0 Å². The molecule has 19 heavy (non-hydrogen) atoms. The summed E-state index contributed by atoms with van der Waals surface area (Å²) in [6, 6.07) is 5.13. The molecule has 1 heterocycles. The summed E-state index contributed by atoms with van der Waals surface area (Å²) >= 11 is 0. The molecular formula is C11H12F3N5. The van der Waals surface area contributed by atoms with Gasteiger partial charge in [0.05, 0.1) is 18.7 Å². The van der Waals surface area contributed by atoms with Gasteiger partial charge in [-0.1, -0.05) is 12.1 Å². The van der Waals surface area contributed by atoms with E-state index in [1.54, 1.807) is 13.1 Å². The Morgan fingerprint density at radius 1 is 1.32 bits per heavy atom. The van der Waals surface area contributed by atoms with Gasteiger partial charge in [0, 0.05) is 0 Å². The Labute approximate surface area is 107 Å². The fourth-order valence-corrected chi connectivity index (χ4v) is 1.65. The molecule has 1 aromatic heterocycles. The summed E-state index contributed by atoms with van der Waals surface area (Å²) in [6.45, 7) is 0.653. The van der Waals surface area contributed by atoms with Crippen LogP contribution in [0.25, 0.3) is 0 Å². The van der Waals surface area contributed by atoms with Crippen molar-refractivity contribution in [2.24, 2.45) is 0 Å². The lowest BCUT2D eigenvalue weighted by atomic mass is 10.1. The first-order valence-electron chi connectivity index (χ1n) is 5.56.